The van der Waals surface area contributed by atoms with E-state index in [2.05, 4.69) is 31.4 Å². The van der Waals surface area contributed by atoms with Crippen molar-refractivity contribution in [3.8, 4) is 0 Å². The van der Waals surface area contributed by atoms with Crippen LogP contribution in [0.3, 0.4) is 0 Å². The van der Waals surface area contributed by atoms with Gasteiger partial charge in [0, 0.05) is 29.2 Å². The van der Waals surface area contributed by atoms with E-state index in [1.54, 1.807) is 6.20 Å². The van der Waals surface area contributed by atoms with Crippen LogP contribution in [0, 0.1) is 0 Å². The number of oxime groups is 1. The van der Waals surface area contributed by atoms with Crippen molar-refractivity contribution < 1.29 is 24.3 Å². The third kappa shape index (κ3) is 6.00. The SMILES string of the molecule is C=CCO/N=C(/C(=O)NC1C(=O)N2C(C(=O)O)=C(CS/C=C/c3ccccn3)CS[C@H]12)c1nsc(N)n1. The predicted molar refractivity (Wildman–Crippen MR) is 142 cm³/mol. The molecule has 37 heavy (non-hydrogen) atoms. The number of aromatic nitrogens is 3. The highest BCUT2D eigenvalue weighted by molar-refractivity contribution is 8.02. The highest BCUT2D eigenvalue weighted by atomic mass is 32.2. The molecule has 12 nitrogen and oxygen atoms in total. The smallest absolute Gasteiger partial charge is 0.352 e. The number of carbonyl (C=O) groups is 3. The van der Waals surface area contributed by atoms with Crippen molar-refractivity contribution in [1.29, 1.82) is 0 Å². The maximum atomic E-state index is 13.0. The van der Waals surface area contributed by atoms with Crippen LogP contribution >= 0.6 is 35.1 Å². The molecule has 15 heteroatoms. The first-order valence-corrected chi connectivity index (χ1v) is 13.6. The molecule has 4 N–H and O–H groups in total. The molecule has 2 atom stereocenters. The van der Waals surface area contributed by atoms with Crippen LogP contribution in [-0.4, -0.2) is 77.4 Å². The number of aliphatic carboxylic acids is 1. The van der Waals surface area contributed by atoms with Gasteiger partial charge in [-0.15, -0.1) is 23.5 Å². The number of thioether (sulfide) groups is 2. The molecule has 1 saturated heterocycles. The summed E-state index contributed by atoms with van der Waals surface area (Å²) in [6, 6.07) is 4.59. The molecular formula is C22H21N7O5S3. The van der Waals surface area contributed by atoms with Crippen LogP contribution in [0.5, 0.6) is 0 Å². The van der Waals surface area contributed by atoms with E-state index in [1.165, 1.54) is 34.5 Å². The number of pyridine rings is 1. The first-order chi connectivity index (χ1) is 17.9. The van der Waals surface area contributed by atoms with Gasteiger partial charge in [-0.1, -0.05) is 23.9 Å². The third-order valence-corrected chi connectivity index (χ3v) is 7.76. The summed E-state index contributed by atoms with van der Waals surface area (Å²) >= 11 is 3.65. The summed E-state index contributed by atoms with van der Waals surface area (Å²) < 4.78 is 3.98. The Morgan fingerprint density at radius 3 is 2.95 bits per heavy atom. The maximum Gasteiger partial charge on any atom is 0.352 e. The molecule has 2 aliphatic rings. The maximum absolute atomic E-state index is 13.0. The molecule has 0 saturated carbocycles. The number of carbonyl (C=O) groups excluding carboxylic acids is 2. The number of amides is 2. The van der Waals surface area contributed by atoms with Crippen LogP contribution < -0.4 is 11.1 Å². The molecule has 0 spiro atoms. The second-order valence-corrected chi connectivity index (χ2v) is 10.2. The minimum absolute atomic E-state index is 0.0373. The zero-order valence-electron chi connectivity index (χ0n) is 19.1. The highest BCUT2D eigenvalue weighted by Gasteiger charge is 2.54. The topological polar surface area (TPSA) is 173 Å². The fraction of sp³-hybridized carbons (Fsp3) is 0.227. The minimum atomic E-state index is -1.20. The number of carboxylic acid groups (broad SMARTS) is 1. The van der Waals surface area contributed by atoms with E-state index in [-0.39, 0.29) is 29.0 Å². The molecular weight excluding hydrogens is 538 g/mol. The van der Waals surface area contributed by atoms with Gasteiger partial charge >= 0.3 is 5.97 Å². The standard InChI is InChI=1S/C22H21N7O5S3/c1-2-8-34-27-14(17-26-22(23)37-28-17)18(30)25-15-19(31)29-16(21(32)33)12(11-36-20(15)29)10-35-9-6-13-5-3-4-7-24-13/h2-7,9,15,20H,1,8,10-11H2,(H,25,30)(H,32,33)(H2,23,26,28)/b9-6+,27-14+/t15?,20-/m1/s1. The van der Waals surface area contributed by atoms with E-state index in [1.807, 2.05) is 29.7 Å². The lowest BCUT2D eigenvalue weighted by Gasteiger charge is -2.49. The van der Waals surface area contributed by atoms with Gasteiger partial charge in [0.05, 0.1) is 5.69 Å². The molecule has 0 radical (unpaired) electrons. The van der Waals surface area contributed by atoms with E-state index >= 15 is 0 Å². The number of rotatable bonds is 11. The Hall–Kier alpha value is -3.69. The molecule has 2 aliphatic heterocycles. The summed E-state index contributed by atoms with van der Waals surface area (Å²) in [5, 5.41) is 17.6. The monoisotopic (exact) mass is 559 g/mol. The summed E-state index contributed by atoms with van der Waals surface area (Å²) in [7, 11) is 0. The zero-order chi connectivity index (χ0) is 26.4. The molecule has 0 aromatic carbocycles. The molecule has 1 unspecified atom stereocenters. The van der Waals surface area contributed by atoms with Crippen molar-refractivity contribution in [2.45, 2.75) is 11.4 Å². The Labute approximate surface area is 223 Å². The number of β-lactam (4-membered cyclic amide) rings is 1. The van der Waals surface area contributed by atoms with Crippen molar-refractivity contribution in [2.75, 3.05) is 23.8 Å². The third-order valence-electron chi connectivity index (χ3n) is 5.03. The molecule has 4 rings (SSSR count). The van der Waals surface area contributed by atoms with Gasteiger partial charge in [0.15, 0.2) is 5.13 Å². The predicted octanol–water partition coefficient (Wildman–Crippen LogP) is 1.56. The van der Waals surface area contributed by atoms with Crippen molar-refractivity contribution >= 4 is 69.8 Å². The summed E-state index contributed by atoms with van der Waals surface area (Å²) in [4.78, 5) is 52.4. The number of hydrogen-bond donors (Lipinski definition) is 3. The van der Waals surface area contributed by atoms with Gasteiger partial charge in [-0.05, 0) is 29.2 Å². The van der Waals surface area contributed by atoms with Gasteiger partial charge in [-0.2, -0.15) is 9.36 Å². The average Bonchev–Trinajstić information content (AvgIpc) is 3.33. The van der Waals surface area contributed by atoms with Gasteiger partial charge in [0.1, 0.15) is 23.7 Å². The van der Waals surface area contributed by atoms with Crippen LogP contribution in [0.15, 0.2) is 58.9 Å². The average molecular weight is 560 g/mol. The number of anilines is 1. The number of nitrogens with zero attached hydrogens (tertiary/aromatic N) is 5. The Morgan fingerprint density at radius 2 is 2.27 bits per heavy atom. The van der Waals surface area contributed by atoms with Crippen LogP contribution in [0.1, 0.15) is 11.5 Å². The first kappa shape index (κ1) is 26.4. The first-order valence-electron chi connectivity index (χ1n) is 10.7. The van der Waals surface area contributed by atoms with E-state index in [9.17, 15) is 19.5 Å². The van der Waals surface area contributed by atoms with Gasteiger partial charge < -0.3 is 21.0 Å². The van der Waals surface area contributed by atoms with Gasteiger partial charge in [0.25, 0.3) is 11.8 Å². The number of nitrogens with two attached hydrogens (primary N) is 1. The quantitative estimate of drug-likeness (QED) is 0.120. The van der Waals surface area contributed by atoms with Gasteiger partial charge in [0.2, 0.25) is 11.5 Å². The van der Waals surface area contributed by atoms with Crippen molar-refractivity contribution in [3.63, 3.8) is 0 Å². The summed E-state index contributed by atoms with van der Waals surface area (Å²) in [5.41, 5.74) is 6.70. The normalized spacial score (nSPS) is 19.4. The molecule has 2 aromatic rings. The second kappa shape index (κ2) is 12.0. The Kier molecular flexibility index (Phi) is 8.58. The molecule has 0 bridgehead atoms. The van der Waals surface area contributed by atoms with Gasteiger partial charge in [-0.3, -0.25) is 19.5 Å². The minimum Gasteiger partial charge on any atom is -0.477 e. The summed E-state index contributed by atoms with van der Waals surface area (Å²) in [6.45, 7) is 3.55. The molecule has 4 heterocycles. The van der Waals surface area contributed by atoms with E-state index < -0.39 is 29.2 Å². The molecule has 2 aromatic heterocycles. The fourth-order valence-corrected chi connectivity index (χ4v) is 6.10. The molecule has 1 fully saturated rings. The lowest BCUT2D eigenvalue weighted by atomic mass is 10.0. The fourth-order valence-electron chi connectivity index (χ4n) is 3.41. The summed E-state index contributed by atoms with van der Waals surface area (Å²) in [5.74, 6) is -1.75. The Balaban J connectivity index is 1.45. The number of nitrogen functional groups attached to an aromatic ring is 1. The van der Waals surface area contributed by atoms with E-state index in [4.69, 9.17) is 10.6 Å². The van der Waals surface area contributed by atoms with Gasteiger partial charge in [-0.25, -0.2) is 4.79 Å². The Morgan fingerprint density at radius 1 is 1.43 bits per heavy atom. The number of fused-ring (bicyclic) bond motifs is 1. The van der Waals surface area contributed by atoms with Crippen molar-refractivity contribution in [2.24, 2.45) is 5.16 Å². The van der Waals surface area contributed by atoms with Crippen LogP contribution in [0.2, 0.25) is 0 Å². The Bertz CT molecular complexity index is 1290. The molecule has 2 amide bonds. The highest BCUT2D eigenvalue weighted by Crippen LogP contribution is 2.41. The van der Waals surface area contributed by atoms with Crippen LogP contribution in [0.4, 0.5) is 5.13 Å². The summed E-state index contributed by atoms with van der Waals surface area (Å²) in [6.07, 6.45) is 4.95. The molecule has 0 aliphatic carbocycles. The van der Waals surface area contributed by atoms with Crippen molar-refractivity contribution in [3.05, 3.63) is 65.2 Å². The van der Waals surface area contributed by atoms with Crippen LogP contribution in [-0.2, 0) is 19.2 Å². The second-order valence-electron chi connectivity index (χ2n) is 7.47. The van der Waals surface area contributed by atoms with Crippen molar-refractivity contribution in [1.82, 2.24) is 24.6 Å². The molecule has 192 valence electrons. The number of carboxylic acids is 1. The largest absolute Gasteiger partial charge is 0.477 e. The van der Waals surface area contributed by atoms with E-state index in [0.29, 0.717) is 17.1 Å². The number of hydrogen-bond acceptors (Lipinski definition) is 12. The number of nitrogens with one attached hydrogen (secondary N) is 1. The zero-order valence-corrected chi connectivity index (χ0v) is 21.6. The lowest BCUT2D eigenvalue weighted by Crippen LogP contribution is -2.71. The van der Waals surface area contributed by atoms with E-state index in [0.717, 1.165) is 17.2 Å². The lowest BCUT2D eigenvalue weighted by molar-refractivity contribution is -0.150. The van der Waals surface area contributed by atoms with Crippen LogP contribution in [0.25, 0.3) is 6.08 Å².